The second kappa shape index (κ2) is 7.72. The maximum atomic E-state index is 14.7. The highest BCUT2D eigenvalue weighted by molar-refractivity contribution is 7.09. The van der Waals surface area contributed by atoms with Crippen LogP contribution in [-0.4, -0.2) is 59.9 Å². The number of aliphatic hydroxyl groups excluding tert-OH is 1. The molecule has 0 aliphatic carbocycles. The van der Waals surface area contributed by atoms with Gasteiger partial charge in [-0.25, -0.2) is 14.2 Å². The summed E-state index contributed by atoms with van der Waals surface area (Å²) in [4.78, 5) is 19.3. The molecule has 3 heterocycles. The van der Waals surface area contributed by atoms with Gasteiger partial charge in [0.15, 0.2) is 0 Å². The quantitative estimate of drug-likeness (QED) is 0.821. The molecule has 8 nitrogen and oxygen atoms in total. The monoisotopic (exact) mass is 405 g/mol. The van der Waals surface area contributed by atoms with Crippen LogP contribution in [-0.2, 0) is 11.3 Å². The van der Waals surface area contributed by atoms with Crippen LogP contribution < -0.4 is 9.80 Å². The van der Waals surface area contributed by atoms with Crippen LogP contribution in [0.1, 0.15) is 10.7 Å². The molecule has 28 heavy (non-hydrogen) atoms. The Kier molecular flexibility index (Phi) is 5.14. The molecule has 1 aromatic carbocycles. The number of carbonyl (C=O) groups excluding carboxylic acids is 1. The van der Waals surface area contributed by atoms with Gasteiger partial charge in [-0.3, -0.25) is 9.91 Å². The third kappa shape index (κ3) is 3.78. The Morgan fingerprint density at radius 1 is 1.39 bits per heavy atom. The molecule has 0 spiro atoms. The fraction of sp³-hybridized carbons (Fsp3) is 0.389. The van der Waals surface area contributed by atoms with E-state index in [1.54, 1.807) is 34.7 Å². The van der Waals surface area contributed by atoms with Gasteiger partial charge in [0.25, 0.3) is 0 Å². The largest absolute Gasteiger partial charge is 0.441 e. The number of hydrazone groups is 1. The number of hydrogen-bond donors (Lipinski definition) is 1. The fourth-order valence-corrected chi connectivity index (χ4v) is 3.77. The fourth-order valence-electron chi connectivity index (χ4n) is 3.17. The first-order valence-corrected chi connectivity index (χ1v) is 9.76. The van der Waals surface area contributed by atoms with Crippen molar-refractivity contribution in [1.29, 1.82) is 0 Å². The van der Waals surface area contributed by atoms with E-state index >= 15 is 0 Å². The van der Waals surface area contributed by atoms with Gasteiger partial charge in [-0.1, -0.05) is 0 Å². The van der Waals surface area contributed by atoms with Crippen LogP contribution in [0.15, 0.2) is 28.7 Å². The van der Waals surface area contributed by atoms with E-state index in [0.717, 1.165) is 10.7 Å². The molecule has 2 aromatic rings. The van der Waals surface area contributed by atoms with E-state index in [9.17, 15) is 9.18 Å². The normalized spacial score (nSPS) is 19.5. The average Bonchev–Trinajstić information content (AvgIpc) is 3.27. The molecule has 4 rings (SSSR count). The highest BCUT2D eigenvalue weighted by Gasteiger charge is 2.32. The topological polar surface area (TPSA) is 81.5 Å². The number of aliphatic hydroxyl groups is 1. The Morgan fingerprint density at radius 3 is 2.86 bits per heavy atom. The number of rotatable bonds is 5. The van der Waals surface area contributed by atoms with Crippen molar-refractivity contribution in [2.24, 2.45) is 5.10 Å². The molecule has 148 valence electrons. The second-order valence-corrected chi connectivity index (χ2v) is 7.67. The lowest BCUT2D eigenvalue weighted by Gasteiger charge is -2.30. The zero-order chi connectivity index (χ0) is 19.7. The van der Waals surface area contributed by atoms with E-state index in [1.807, 2.05) is 17.3 Å². The summed E-state index contributed by atoms with van der Waals surface area (Å²) < 4.78 is 19.7. The summed E-state index contributed by atoms with van der Waals surface area (Å²) in [5.74, 6) is -0.451. The molecule has 1 fully saturated rings. The molecule has 0 bridgehead atoms. The highest BCUT2D eigenvalue weighted by atomic mass is 32.1. The molecule has 0 radical (unpaired) electrons. The van der Waals surface area contributed by atoms with Crippen molar-refractivity contribution in [3.63, 3.8) is 0 Å². The number of amides is 1. The Labute approximate surface area is 165 Å². The average molecular weight is 405 g/mol. The Hall–Kier alpha value is -2.72. The maximum Gasteiger partial charge on any atom is 0.414 e. The zero-order valence-corrected chi connectivity index (χ0v) is 16.1. The van der Waals surface area contributed by atoms with E-state index < -0.39 is 18.0 Å². The Bertz CT molecular complexity index is 905. The molecule has 1 atom stereocenters. The van der Waals surface area contributed by atoms with Crippen molar-refractivity contribution in [2.75, 3.05) is 36.0 Å². The number of halogens is 1. The van der Waals surface area contributed by atoms with Crippen LogP contribution in [0.5, 0.6) is 0 Å². The van der Waals surface area contributed by atoms with Gasteiger partial charge < -0.3 is 14.7 Å². The van der Waals surface area contributed by atoms with Crippen molar-refractivity contribution in [1.82, 2.24) is 9.99 Å². The Morgan fingerprint density at radius 2 is 2.25 bits per heavy atom. The molecule has 10 heteroatoms. The minimum Gasteiger partial charge on any atom is -0.441 e. The SMILES string of the molecule is Cc1nc(CN2CCN(c3ccc(N4C[C@H](CO)OC4=O)cc3F)C=N2)cs1. The third-order valence-electron chi connectivity index (χ3n) is 4.59. The van der Waals surface area contributed by atoms with E-state index in [-0.39, 0.29) is 13.2 Å². The van der Waals surface area contributed by atoms with Gasteiger partial charge in [0.2, 0.25) is 0 Å². The standard InChI is InChI=1S/C18H20FN5O3S/c1-12-21-13(10-28-12)7-23-5-4-22(11-20-23)17-3-2-14(6-16(17)19)24-8-15(9-25)27-18(24)26/h2-3,6,10-11,15,25H,4-5,7-9H2,1H3/t15-/m1/s1. The third-order valence-corrected chi connectivity index (χ3v) is 5.42. The molecule has 1 aromatic heterocycles. The van der Waals surface area contributed by atoms with Gasteiger partial charge in [0.1, 0.15) is 18.3 Å². The number of hydrogen-bond acceptors (Lipinski definition) is 8. The minimum atomic E-state index is -0.586. The summed E-state index contributed by atoms with van der Waals surface area (Å²) in [5.41, 5.74) is 1.77. The van der Waals surface area contributed by atoms with Crippen LogP contribution >= 0.6 is 11.3 Å². The number of nitrogens with zero attached hydrogens (tertiary/aromatic N) is 5. The number of aromatic nitrogens is 1. The lowest BCUT2D eigenvalue weighted by atomic mass is 10.2. The first kappa shape index (κ1) is 18.6. The van der Waals surface area contributed by atoms with Crippen LogP contribution in [0.25, 0.3) is 0 Å². The number of ether oxygens (including phenoxy) is 1. The summed E-state index contributed by atoms with van der Waals surface area (Å²) in [6.45, 7) is 3.76. The molecule has 0 saturated carbocycles. The van der Waals surface area contributed by atoms with Gasteiger partial charge in [-0.15, -0.1) is 11.3 Å². The van der Waals surface area contributed by atoms with E-state index in [1.165, 1.54) is 11.0 Å². The van der Waals surface area contributed by atoms with Crippen molar-refractivity contribution >= 4 is 35.1 Å². The van der Waals surface area contributed by atoms with Crippen molar-refractivity contribution in [3.8, 4) is 0 Å². The number of benzene rings is 1. The molecule has 1 saturated heterocycles. The predicted octanol–water partition coefficient (Wildman–Crippen LogP) is 2.17. The lowest BCUT2D eigenvalue weighted by molar-refractivity contribution is 0.0963. The van der Waals surface area contributed by atoms with E-state index in [4.69, 9.17) is 9.84 Å². The number of aryl methyl sites for hydroxylation is 1. The molecule has 1 N–H and O–H groups in total. The number of cyclic esters (lactones) is 1. The predicted molar refractivity (Wildman–Crippen MR) is 104 cm³/mol. The van der Waals surface area contributed by atoms with Crippen molar-refractivity contribution in [2.45, 2.75) is 19.6 Å². The van der Waals surface area contributed by atoms with Gasteiger partial charge in [0.05, 0.1) is 48.3 Å². The second-order valence-electron chi connectivity index (χ2n) is 6.61. The molecular weight excluding hydrogens is 385 g/mol. The molecular formula is C18H20FN5O3S. The molecule has 2 aliphatic heterocycles. The summed E-state index contributed by atoms with van der Waals surface area (Å²) >= 11 is 1.61. The van der Waals surface area contributed by atoms with Gasteiger partial charge >= 0.3 is 6.09 Å². The van der Waals surface area contributed by atoms with Gasteiger partial charge in [-0.05, 0) is 25.1 Å². The minimum absolute atomic E-state index is 0.199. The van der Waals surface area contributed by atoms with Crippen LogP contribution in [0.3, 0.4) is 0 Å². The number of anilines is 2. The van der Waals surface area contributed by atoms with Crippen LogP contribution in [0.4, 0.5) is 20.6 Å². The van der Waals surface area contributed by atoms with Crippen LogP contribution in [0.2, 0.25) is 0 Å². The van der Waals surface area contributed by atoms with Crippen molar-refractivity contribution in [3.05, 3.63) is 40.1 Å². The van der Waals surface area contributed by atoms with Gasteiger partial charge in [0, 0.05) is 11.9 Å². The van der Waals surface area contributed by atoms with Crippen LogP contribution in [0, 0.1) is 12.7 Å². The first-order chi connectivity index (χ1) is 13.5. The zero-order valence-electron chi connectivity index (χ0n) is 15.3. The highest BCUT2D eigenvalue weighted by Crippen LogP contribution is 2.28. The lowest BCUT2D eigenvalue weighted by Crippen LogP contribution is -2.38. The van der Waals surface area contributed by atoms with E-state index in [2.05, 4.69) is 10.1 Å². The molecule has 0 unspecified atom stereocenters. The maximum absolute atomic E-state index is 14.7. The summed E-state index contributed by atoms with van der Waals surface area (Å²) in [5, 5.41) is 18.4. The van der Waals surface area contributed by atoms with E-state index in [0.29, 0.717) is 31.0 Å². The summed E-state index contributed by atoms with van der Waals surface area (Å²) in [6.07, 6.45) is 0.433. The van der Waals surface area contributed by atoms with Crippen molar-refractivity contribution < 1.29 is 19.0 Å². The smallest absolute Gasteiger partial charge is 0.414 e. The summed E-state index contributed by atoms with van der Waals surface area (Å²) in [6, 6.07) is 4.59. The molecule has 1 amide bonds. The Balaban J connectivity index is 1.44. The first-order valence-electron chi connectivity index (χ1n) is 8.89. The summed E-state index contributed by atoms with van der Waals surface area (Å²) in [7, 11) is 0. The van der Waals surface area contributed by atoms with Gasteiger partial charge in [-0.2, -0.15) is 5.10 Å². The molecule has 2 aliphatic rings. The number of carbonyl (C=O) groups is 1. The number of thiazole rings is 1.